The molecule has 1 unspecified atom stereocenters. The summed E-state index contributed by atoms with van der Waals surface area (Å²) in [5.41, 5.74) is -0.148. The molecule has 1 saturated heterocycles. The largest absolute Gasteiger partial charge is 0.420 e. The lowest BCUT2D eigenvalue weighted by molar-refractivity contribution is -0.112. The minimum atomic E-state index is -0.101. The first-order valence-electron chi connectivity index (χ1n) is 4.21. The summed E-state index contributed by atoms with van der Waals surface area (Å²) < 4.78 is 11.2. The molecule has 0 bridgehead atoms. The second-order valence-corrected chi connectivity index (χ2v) is 4.31. The smallest absolute Gasteiger partial charge is 0.146 e. The zero-order valence-electron chi connectivity index (χ0n) is 7.94. The quantitative estimate of drug-likeness (QED) is 0.572. The van der Waals surface area contributed by atoms with Crippen LogP contribution >= 0.6 is 0 Å². The van der Waals surface area contributed by atoms with Crippen LogP contribution in [0.2, 0.25) is 0 Å². The summed E-state index contributed by atoms with van der Waals surface area (Å²) >= 11 is 0. The third-order valence-electron chi connectivity index (χ3n) is 3.00. The normalized spacial score (nSPS) is 33.0. The van der Waals surface area contributed by atoms with Gasteiger partial charge in [0, 0.05) is 6.61 Å². The van der Waals surface area contributed by atoms with E-state index in [4.69, 9.17) is 9.16 Å². The van der Waals surface area contributed by atoms with Crippen molar-refractivity contribution in [2.45, 2.75) is 44.8 Å². The lowest BCUT2D eigenvalue weighted by Gasteiger charge is -2.39. The Hall–Kier alpha value is 0.137. The van der Waals surface area contributed by atoms with Gasteiger partial charge in [-0.3, -0.25) is 0 Å². The molecule has 1 aliphatic rings. The summed E-state index contributed by atoms with van der Waals surface area (Å²) in [7, 11) is 0.785. The van der Waals surface area contributed by atoms with Crippen LogP contribution in [-0.4, -0.2) is 28.3 Å². The molecule has 66 valence electrons. The first-order chi connectivity index (χ1) is 5.02. The molecule has 2 nitrogen and oxygen atoms in total. The SMILES string of the molecule is CC(C)(O[SiH3])C1(C)CCCO1. The Morgan fingerprint density at radius 1 is 1.55 bits per heavy atom. The van der Waals surface area contributed by atoms with Crippen LogP contribution in [0.15, 0.2) is 0 Å². The van der Waals surface area contributed by atoms with Gasteiger partial charge in [0.2, 0.25) is 0 Å². The van der Waals surface area contributed by atoms with E-state index in [1.54, 1.807) is 0 Å². The van der Waals surface area contributed by atoms with Crippen LogP contribution in [0.25, 0.3) is 0 Å². The van der Waals surface area contributed by atoms with Crippen LogP contribution in [0, 0.1) is 0 Å². The van der Waals surface area contributed by atoms with Gasteiger partial charge in [0.1, 0.15) is 10.5 Å². The molecule has 0 aliphatic carbocycles. The molecule has 0 amide bonds. The van der Waals surface area contributed by atoms with Gasteiger partial charge < -0.3 is 9.16 Å². The number of rotatable bonds is 2. The van der Waals surface area contributed by atoms with Crippen LogP contribution in [0.4, 0.5) is 0 Å². The topological polar surface area (TPSA) is 18.5 Å². The van der Waals surface area contributed by atoms with E-state index in [1.165, 1.54) is 6.42 Å². The van der Waals surface area contributed by atoms with Gasteiger partial charge in [0.25, 0.3) is 0 Å². The summed E-state index contributed by atoms with van der Waals surface area (Å²) in [6.07, 6.45) is 2.30. The van der Waals surface area contributed by atoms with Gasteiger partial charge in [0.15, 0.2) is 0 Å². The van der Waals surface area contributed by atoms with Crippen molar-refractivity contribution in [3.63, 3.8) is 0 Å². The Morgan fingerprint density at radius 3 is 2.55 bits per heavy atom. The van der Waals surface area contributed by atoms with Crippen LogP contribution in [0.1, 0.15) is 33.6 Å². The van der Waals surface area contributed by atoms with Crippen LogP contribution < -0.4 is 0 Å². The Labute approximate surface area is 71.8 Å². The minimum Gasteiger partial charge on any atom is -0.420 e. The number of hydrogen-bond acceptors (Lipinski definition) is 2. The predicted molar refractivity (Wildman–Crippen MR) is 48.7 cm³/mol. The van der Waals surface area contributed by atoms with E-state index in [1.807, 2.05) is 0 Å². The van der Waals surface area contributed by atoms with Crippen molar-refractivity contribution in [1.82, 2.24) is 0 Å². The zero-order chi connectivity index (χ0) is 8.54. The molecule has 0 radical (unpaired) electrons. The highest BCUT2D eigenvalue weighted by molar-refractivity contribution is 5.98. The summed E-state index contributed by atoms with van der Waals surface area (Å²) in [4.78, 5) is 0. The van der Waals surface area contributed by atoms with E-state index >= 15 is 0 Å². The van der Waals surface area contributed by atoms with Gasteiger partial charge in [-0.1, -0.05) is 0 Å². The van der Waals surface area contributed by atoms with Crippen LogP contribution in [-0.2, 0) is 9.16 Å². The first-order valence-corrected chi connectivity index (χ1v) is 5.03. The predicted octanol–water partition coefficient (Wildman–Crippen LogP) is 0.631. The third kappa shape index (κ3) is 1.50. The van der Waals surface area contributed by atoms with Crippen molar-refractivity contribution < 1.29 is 9.16 Å². The van der Waals surface area contributed by atoms with E-state index in [2.05, 4.69) is 20.8 Å². The van der Waals surface area contributed by atoms with Gasteiger partial charge in [-0.05, 0) is 33.6 Å². The van der Waals surface area contributed by atoms with Crippen molar-refractivity contribution >= 4 is 10.5 Å². The minimum absolute atomic E-state index is 0.0469. The molecule has 3 heteroatoms. The van der Waals surface area contributed by atoms with E-state index < -0.39 is 0 Å². The highest BCUT2D eigenvalue weighted by Crippen LogP contribution is 2.36. The molecule has 0 aromatic heterocycles. The maximum atomic E-state index is 5.69. The van der Waals surface area contributed by atoms with E-state index in [-0.39, 0.29) is 11.2 Å². The van der Waals surface area contributed by atoms with E-state index in [0.717, 1.165) is 23.5 Å². The molecular weight excluding hydrogens is 156 g/mol. The Bertz CT molecular complexity index is 139. The molecule has 0 aromatic rings. The Balaban J connectivity index is 2.69. The molecule has 1 heterocycles. The van der Waals surface area contributed by atoms with Gasteiger partial charge in [-0.2, -0.15) is 0 Å². The molecule has 1 aliphatic heterocycles. The molecule has 1 atom stereocenters. The molecule has 0 spiro atoms. The summed E-state index contributed by atoms with van der Waals surface area (Å²) in [5, 5.41) is 0. The summed E-state index contributed by atoms with van der Waals surface area (Å²) in [6, 6.07) is 0. The molecule has 0 aromatic carbocycles. The van der Waals surface area contributed by atoms with Gasteiger partial charge in [-0.15, -0.1) is 0 Å². The van der Waals surface area contributed by atoms with Crippen molar-refractivity contribution in [3.05, 3.63) is 0 Å². The molecule has 1 fully saturated rings. The van der Waals surface area contributed by atoms with Crippen molar-refractivity contribution in [2.24, 2.45) is 0 Å². The van der Waals surface area contributed by atoms with Gasteiger partial charge in [-0.25, -0.2) is 0 Å². The monoisotopic (exact) mass is 174 g/mol. The van der Waals surface area contributed by atoms with E-state index in [0.29, 0.717) is 0 Å². The molecule has 11 heavy (non-hydrogen) atoms. The second kappa shape index (κ2) is 2.88. The fourth-order valence-corrected chi connectivity index (χ4v) is 1.90. The van der Waals surface area contributed by atoms with Crippen LogP contribution in [0.5, 0.6) is 0 Å². The lowest BCUT2D eigenvalue weighted by Crippen LogP contribution is -2.48. The Kier molecular flexibility index (Phi) is 2.42. The number of ether oxygens (including phenoxy) is 1. The average molecular weight is 174 g/mol. The van der Waals surface area contributed by atoms with Crippen molar-refractivity contribution in [3.8, 4) is 0 Å². The summed E-state index contributed by atoms with van der Waals surface area (Å²) in [5.74, 6) is 0. The molecular formula is C8H18O2Si. The van der Waals surface area contributed by atoms with Crippen molar-refractivity contribution in [2.75, 3.05) is 6.61 Å². The fourth-order valence-electron chi connectivity index (χ4n) is 1.47. The molecule has 0 N–H and O–H groups in total. The number of hydrogen-bond donors (Lipinski definition) is 0. The zero-order valence-corrected chi connectivity index (χ0v) is 9.94. The van der Waals surface area contributed by atoms with Crippen molar-refractivity contribution in [1.29, 1.82) is 0 Å². The van der Waals surface area contributed by atoms with Crippen LogP contribution in [0.3, 0.4) is 0 Å². The third-order valence-corrected chi connectivity index (χ3v) is 4.02. The maximum Gasteiger partial charge on any atom is 0.146 e. The first kappa shape index (κ1) is 9.23. The Morgan fingerprint density at radius 2 is 2.18 bits per heavy atom. The van der Waals surface area contributed by atoms with Gasteiger partial charge >= 0.3 is 0 Å². The van der Waals surface area contributed by atoms with E-state index in [9.17, 15) is 0 Å². The summed E-state index contributed by atoms with van der Waals surface area (Å²) in [6.45, 7) is 7.28. The highest BCUT2D eigenvalue weighted by Gasteiger charge is 2.44. The second-order valence-electron chi connectivity index (χ2n) is 3.90. The lowest BCUT2D eigenvalue weighted by atomic mass is 9.85. The average Bonchev–Trinajstić information content (AvgIpc) is 2.38. The standard InChI is InChI=1S/C8H18O2Si/c1-7(2,10-11)8(3)5-4-6-9-8/h4-6H2,1-3,11H3. The molecule has 1 rings (SSSR count). The maximum absolute atomic E-state index is 5.69. The molecule has 0 saturated carbocycles. The van der Waals surface area contributed by atoms with Gasteiger partial charge in [0.05, 0.1) is 11.2 Å². The highest BCUT2D eigenvalue weighted by atomic mass is 28.2. The fraction of sp³-hybridized carbons (Fsp3) is 1.00.